The molecule has 9 nitrogen and oxygen atoms in total. The summed E-state index contributed by atoms with van der Waals surface area (Å²) in [6, 6.07) is 15.8. The van der Waals surface area contributed by atoms with Crippen molar-refractivity contribution in [2.45, 2.75) is 26.7 Å². The van der Waals surface area contributed by atoms with Crippen LogP contribution in [0.3, 0.4) is 0 Å². The molecule has 1 aliphatic heterocycles. The predicted molar refractivity (Wildman–Crippen MR) is 138 cm³/mol. The minimum Gasteiger partial charge on any atom is -0.466 e. The van der Waals surface area contributed by atoms with Crippen molar-refractivity contribution in [3.8, 4) is 6.07 Å². The van der Waals surface area contributed by atoms with Crippen molar-refractivity contribution < 1.29 is 23.9 Å². The summed E-state index contributed by atoms with van der Waals surface area (Å²) in [4.78, 5) is 40.6. The molecule has 0 aromatic heterocycles. The molecule has 2 aromatic rings. The standard InChI is InChI=1S/C28H30N4O5/c1-16(2)15-31-26(33)19-12-9-13-21(17(19)3)32-24(28(35)37-5)23(27(34)36-4)22(20(14-29)25(32)30)18-10-7-6-8-11-18/h6-13,16,22H,15,30H2,1-5H3,(H,31,33). The first-order valence-electron chi connectivity index (χ1n) is 11.7. The van der Waals surface area contributed by atoms with E-state index in [4.69, 9.17) is 15.2 Å². The van der Waals surface area contributed by atoms with Crippen molar-refractivity contribution >= 4 is 23.5 Å². The molecule has 1 unspecified atom stereocenters. The molecule has 1 aliphatic rings. The van der Waals surface area contributed by atoms with Crippen LogP contribution in [-0.2, 0) is 19.1 Å². The topological polar surface area (TPSA) is 135 Å². The van der Waals surface area contributed by atoms with Gasteiger partial charge in [-0.15, -0.1) is 0 Å². The van der Waals surface area contributed by atoms with E-state index in [0.717, 1.165) is 0 Å². The quantitative estimate of drug-likeness (QED) is 0.551. The zero-order chi connectivity index (χ0) is 27.3. The molecule has 2 aromatic carbocycles. The Morgan fingerprint density at radius 3 is 2.27 bits per heavy atom. The van der Waals surface area contributed by atoms with Crippen molar-refractivity contribution in [1.82, 2.24) is 5.32 Å². The molecule has 0 saturated heterocycles. The van der Waals surface area contributed by atoms with Gasteiger partial charge in [0.1, 0.15) is 11.5 Å². The Morgan fingerprint density at radius 1 is 1.05 bits per heavy atom. The molecule has 0 bridgehead atoms. The number of hydrogen-bond acceptors (Lipinski definition) is 8. The van der Waals surface area contributed by atoms with E-state index in [1.807, 2.05) is 13.8 Å². The average molecular weight is 503 g/mol. The Labute approximate surface area is 216 Å². The Hall–Kier alpha value is -4.58. The number of nitriles is 1. The maximum Gasteiger partial charge on any atom is 0.355 e. The Bertz CT molecular complexity index is 1320. The lowest BCUT2D eigenvalue weighted by Crippen LogP contribution is -2.41. The molecule has 192 valence electrons. The van der Waals surface area contributed by atoms with E-state index in [0.29, 0.717) is 28.9 Å². The minimum atomic E-state index is -0.971. The highest BCUT2D eigenvalue weighted by Crippen LogP contribution is 2.44. The van der Waals surface area contributed by atoms with E-state index in [-0.39, 0.29) is 34.5 Å². The number of nitrogens with zero attached hydrogens (tertiary/aromatic N) is 2. The fraction of sp³-hybridized carbons (Fsp3) is 0.286. The number of nitrogens with one attached hydrogen (secondary N) is 1. The molecule has 3 N–H and O–H groups in total. The van der Waals surface area contributed by atoms with Crippen LogP contribution in [0.5, 0.6) is 0 Å². The minimum absolute atomic E-state index is 0.0494. The molecule has 0 saturated carbocycles. The lowest BCUT2D eigenvalue weighted by Gasteiger charge is -2.36. The third-order valence-corrected chi connectivity index (χ3v) is 6.07. The zero-order valence-electron chi connectivity index (χ0n) is 21.5. The van der Waals surface area contributed by atoms with Gasteiger partial charge in [-0.05, 0) is 36.1 Å². The van der Waals surface area contributed by atoms with Crippen molar-refractivity contribution in [3.05, 3.63) is 87.9 Å². The van der Waals surface area contributed by atoms with E-state index in [2.05, 4.69) is 11.4 Å². The number of carbonyl (C=O) groups excluding carboxylic acids is 3. The van der Waals surface area contributed by atoms with Gasteiger partial charge in [0, 0.05) is 12.1 Å². The number of ether oxygens (including phenoxy) is 2. The average Bonchev–Trinajstić information content (AvgIpc) is 2.90. The van der Waals surface area contributed by atoms with Crippen LogP contribution >= 0.6 is 0 Å². The first kappa shape index (κ1) is 27.0. The second-order valence-electron chi connectivity index (χ2n) is 8.89. The molecule has 9 heteroatoms. The molecule has 0 aliphatic carbocycles. The van der Waals surface area contributed by atoms with Crippen LogP contribution in [0.25, 0.3) is 0 Å². The van der Waals surface area contributed by atoms with Crippen molar-refractivity contribution in [3.63, 3.8) is 0 Å². The van der Waals surface area contributed by atoms with Gasteiger partial charge in [0.2, 0.25) is 0 Å². The number of carbonyl (C=O) groups is 3. The predicted octanol–water partition coefficient (Wildman–Crippen LogP) is 3.28. The van der Waals surface area contributed by atoms with Crippen LogP contribution < -0.4 is 16.0 Å². The maximum atomic E-state index is 13.2. The lowest BCUT2D eigenvalue weighted by molar-refractivity contribution is -0.139. The molecule has 3 rings (SSSR count). The van der Waals surface area contributed by atoms with Gasteiger partial charge in [0.15, 0.2) is 0 Å². The SMILES string of the molecule is COC(=O)C1=C(C(=O)OC)N(c2cccc(C(=O)NCC(C)C)c2C)C(N)=C(C#N)C1c1ccccc1. The molecular formula is C28H30N4O5. The number of esters is 2. The Balaban J connectivity index is 2.34. The van der Waals surface area contributed by atoms with Gasteiger partial charge in [-0.1, -0.05) is 50.2 Å². The second kappa shape index (κ2) is 11.4. The summed E-state index contributed by atoms with van der Waals surface area (Å²) in [6.07, 6.45) is 0. The largest absolute Gasteiger partial charge is 0.466 e. The molecule has 1 heterocycles. The van der Waals surface area contributed by atoms with Gasteiger partial charge in [-0.2, -0.15) is 5.26 Å². The molecule has 1 amide bonds. The molecule has 0 fully saturated rings. The van der Waals surface area contributed by atoms with Gasteiger partial charge in [-0.3, -0.25) is 9.69 Å². The van der Waals surface area contributed by atoms with E-state index >= 15 is 0 Å². The number of hydrogen-bond donors (Lipinski definition) is 2. The van der Waals surface area contributed by atoms with Gasteiger partial charge in [-0.25, -0.2) is 9.59 Å². The Kier molecular flexibility index (Phi) is 8.35. The molecular weight excluding hydrogens is 472 g/mol. The summed E-state index contributed by atoms with van der Waals surface area (Å²) in [5.74, 6) is -2.75. The molecule has 1 atom stereocenters. The smallest absolute Gasteiger partial charge is 0.355 e. The van der Waals surface area contributed by atoms with Crippen molar-refractivity contribution in [2.75, 3.05) is 25.7 Å². The van der Waals surface area contributed by atoms with Crippen LogP contribution in [-0.4, -0.2) is 38.6 Å². The van der Waals surface area contributed by atoms with E-state index in [9.17, 15) is 19.6 Å². The van der Waals surface area contributed by atoms with Crippen LogP contribution in [0.2, 0.25) is 0 Å². The number of allylic oxidation sites excluding steroid dienone is 1. The summed E-state index contributed by atoms with van der Waals surface area (Å²) in [6.45, 7) is 6.15. The summed E-state index contributed by atoms with van der Waals surface area (Å²) < 4.78 is 10.1. The number of benzene rings is 2. The van der Waals surface area contributed by atoms with Crippen molar-refractivity contribution in [1.29, 1.82) is 5.26 Å². The number of nitrogens with two attached hydrogens (primary N) is 1. The number of rotatable bonds is 7. The molecule has 0 radical (unpaired) electrons. The van der Waals surface area contributed by atoms with Crippen LogP contribution in [0.15, 0.2) is 71.2 Å². The van der Waals surface area contributed by atoms with Crippen molar-refractivity contribution in [2.24, 2.45) is 11.7 Å². The van der Waals surface area contributed by atoms with E-state index in [1.165, 1.54) is 19.1 Å². The summed E-state index contributed by atoms with van der Waals surface area (Å²) in [7, 11) is 2.37. The first-order valence-corrected chi connectivity index (χ1v) is 11.7. The maximum absolute atomic E-state index is 13.2. The second-order valence-corrected chi connectivity index (χ2v) is 8.89. The fourth-order valence-electron chi connectivity index (χ4n) is 4.27. The number of anilines is 1. The van der Waals surface area contributed by atoms with Gasteiger partial charge < -0.3 is 20.5 Å². The lowest BCUT2D eigenvalue weighted by atomic mass is 9.80. The van der Waals surface area contributed by atoms with Crippen LogP contribution in [0.4, 0.5) is 5.69 Å². The highest BCUT2D eigenvalue weighted by Gasteiger charge is 2.43. The molecule has 37 heavy (non-hydrogen) atoms. The first-order chi connectivity index (χ1) is 17.7. The van der Waals surface area contributed by atoms with Crippen LogP contribution in [0, 0.1) is 24.2 Å². The highest BCUT2D eigenvalue weighted by molar-refractivity contribution is 6.07. The zero-order valence-corrected chi connectivity index (χ0v) is 21.5. The fourth-order valence-corrected chi connectivity index (χ4v) is 4.27. The van der Waals surface area contributed by atoms with Crippen LogP contribution in [0.1, 0.15) is 41.3 Å². The molecule has 0 spiro atoms. The van der Waals surface area contributed by atoms with E-state index < -0.39 is 17.9 Å². The van der Waals surface area contributed by atoms with Gasteiger partial charge in [0.25, 0.3) is 5.91 Å². The van der Waals surface area contributed by atoms with Gasteiger partial charge in [0.05, 0.1) is 43.0 Å². The number of methoxy groups -OCH3 is 2. The monoisotopic (exact) mass is 502 g/mol. The summed E-state index contributed by atoms with van der Waals surface area (Å²) >= 11 is 0. The number of amides is 1. The third-order valence-electron chi connectivity index (χ3n) is 6.07. The summed E-state index contributed by atoms with van der Waals surface area (Å²) in [5, 5.41) is 13.1. The van der Waals surface area contributed by atoms with Gasteiger partial charge >= 0.3 is 11.9 Å². The third kappa shape index (κ3) is 5.19. The van der Waals surface area contributed by atoms with E-state index in [1.54, 1.807) is 55.5 Å². The Morgan fingerprint density at radius 2 is 1.70 bits per heavy atom. The summed E-state index contributed by atoms with van der Waals surface area (Å²) in [5.41, 5.74) is 8.09. The highest BCUT2D eigenvalue weighted by atomic mass is 16.5. The normalized spacial score (nSPS) is 15.4.